The summed E-state index contributed by atoms with van der Waals surface area (Å²) < 4.78 is 13.7. The first-order valence-corrected chi connectivity index (χ1v) is 6.29. The summed E-state index contributed by atoms with van der Waals surface area (Å²) in [4.78, 5) is 33.4. The van der Waals surface area contributed by atoms with Gasteiger partial charge in [-0.15, -0.1) is 12.4 Å². The van der Waals surface area contributed by atoms with Gasteiger partial charge in [-0.3, -0.25) is 9.59 Å². The van der Waals surface area contributed by atoms with Gasteiger partial charge in [-0.1, -0.05) is 0 Å². The molecule has 1 N–H and O–H groups in total. The summed E-state index contributed by atoms with van der Waals surface area (Å²) >= 11 is 0. The molecule has 9 heteroatoms. The van der Waals surface area contributed by atoms with Crippen molar-refractivity contribution >= 4 is 30.4 Å². The fourth-order valence-electron chi connectivity index (χ4n) is 0.879. The molecule has 0 unspecified atom stereocenters. The number of hydrogen-bond acceptors (Lipinski definition) is 7. The number of ether oxygens (including phenoxy) is 3. The summed E-state index contributed by atoms with van der Waals surface area (Å²) in [6.07, 6.45) is -0.539. The number of amides is 1. The summed E-state index contributed by atoms with van der Waals surface area (Å²) in [7, 11) is 5.80. The Morgan fingerprint density at radius 2 is 1.50 bits per heavy atom. The number of methoxy groups -OCH3 is 2. The predicted octanol–water partition coefficient (Wildman–Crippen LogP) is 0.827. The fraction of sp³-hybridized carbons (Fsp3) is 0.769. The Morgan fingerprint density at radius 1 is 1.05 bits per heavy atom. The van der Waals surface area contributed by atoms with E-state index in [1.807, 2.05) is 0 Å². The summed E-state index contributed by atoms with van der Waals surface area (Å²) in [5, 5.41) is 2.64. The molecule has 0 atom stereocenters. The molecule has 22 heavy (non-hydrogen) atoms. The number of nitrogens with zero attached hydrogens (tertiary/aromatic N) is 1. The van der Waals surface area contributed by atoms with Crippen molar-refractivity contribution in [2.45, 2.75) is 26.4 Å². The van der Waals surface area contributed by atoms with Crippen molar-refractivity contribution in [1.29, 1.82) is 0 Å². The minimum Gasteiger partial charge on any atom is -0.468 e. The first-order valence-electron chi connectivity index (χ1n) is 6.29. The summed E-state index contributed by atoms with van der Waals surface area (Å²) in [5.41, 5.74) is -0.554. The molecule has 132 valence electrons. The summed E-state index contributed by atoms with van der Waals surface area (Å²) in [5.74, 6) is -0.708. The van der Waals surface area contributed by atoms with Crippen LogP contribution in [0.5, 0.6) is 0 Å². The van der Waals surface area contributed by atoms with Gasteiger partial charge in [-0.2, -0.15) is 0 Å². The van der Waals surface area contributed by atoms with Gasteiger partial charge in [-0.25, -0.2) is 4.79 Å². The molecule has 0 saturated heterocycles. The van der Waals surface area contributed by atoms with E-state index in [0.717, 1.165) is 4.90 Å². The maximum atomic E-state index is 11.3. The maximum Gasteiger partial charge on any atom is 0.410 e. The molecule has 0 fully saturated rings. The van der Waals surface area contributed by atoms with Crippen LogP contribution in [0.3, 0.4) is 0 Å². The molecule has 0 aliphatic carbocycles. The quantitative estimate of drug-likeness (QED) is 0.597. The summed E-state index contributed by atoms with van der Waals surface area (Å²) in [6, 6.07) is 0. The molecule has 0 aliphatic rings. The third-order valence-electron chi connectivity index (χ3n) is 1.85. The van der Waals surface area contributed by atoms with Crippen LogP contribution in [0.1, 0.15) is 20.8 Å². The Kier molecular flexibility index (Phi) is 15.2. The number of rotatable bonds is 4. The third-order valence-corrected chi connectivity index (χ3v) is 1.85. The van der Waals surface area contributed by atoms with Gasteiger partial charge in [0.1, 0.15) is 12.1 Å². The van der Waals surface area contributed by atoms with Crippen LogP contribution in [0, 0.1) is 0 Å². The van der Waals surface area contributed by atoms with E-state index in [1.165, 1.54) is 21.3 Å². The second-order valence-electron chi connectivity index (χ2n) is 5.02. The number of likely N-dealkylation sites (N-methyl/N-ethyl adjacent to an activating group) is 2. The molecule has 8 nitrogen and oxygen atoms in total. The monoisotopic (exact) mass is 342 g/mol. The van der Waals surface area contributed by atoms with Crippen molar-refractivity contribution in [2.75, 3.05) is 41.4 Å². The van der Waals surface area contributed by atoms with E-state index in [4.69, 9.17) is 4.74 Å². The lowest BCUT2D eigenvalue weighted by Gasteiger charge is -2.23. The van der Waals surface area contributed by atoms with E-state index in [2.05, 4.69) is 14.8 Å². The number of halogens is 1. The number of carbonyl (C=O) groups excluding carboxylic acids is 3. The number of hydrogen-bond donors (Lipinski definition) is 1. The van der Waals surface area contributed by atoms with Crippen LogP contribution >= 0.6 is 12.4 Å². The van der Waals surface area contributed by atoms with Gasteiger partial charge < -0.3 is 24.4 Å². The Bertz CT molecular complexity index is 344. The SMILES string of the molecule is CNCC(=O)OC.COC(=O)CN(C)C(=O)OC(C)(C)C.Cl. The normalized spacial score (nSPS) is 9.41. The highest BCUT2D eigenvalue weighted by molar-refractivity contribution is 5.85. The standard InChI is InChI=1S/C9H17NO4.C4H9NO2.ClH/c1-9(2,3)14-8(12)10(4)6-7(11)13-5;1-5-3-4(6)7-2;/h6H2,1-5H3;5H,3H2,1-2H3;1H. The zero-order valence-corrected chi connectivity index (χ0v) is 15.0. The second-order valence-corrected chi connectivity index (χ2v) is 5.02. The van der Waals surface area contributed by atoms with Crippen LogP contribution in [0.4, 0.5) is 4.79 Å². The average Bonchev–Trinajstić information content (AvgIpc) is 2.37. The lowest BCUT2D eigenvalue weighted by molar-refractivity contribution is -0.141. The van der Waals surface area contributed by atoms with Crippen molar-refractivity contribution in [3.8, 4) is 0 Å². The van der Waals surface area contributed by atoms with Gasteiger partial charge in [0.25, 0.3) is 0 Å². The van der Waals surface area contributed by atoms with Crippen LogP contribution in [0.2, 0.25) is 0 Å². The van der Waals surface area contributed by atoms with E-state index in [0.29, 0.717) is 0 Å². The Hall–Kier alpha value is -1.54. The van der Waals surface area contributed by atoms with E-state index in [9.17, 15) is 14.4 Å². The van der Waals surface area contributed by atoms with Gasteiger partial charge >= 0.3 is 18.0 Å². The second kappa shape index (κ2) is 13.1. The highest BCUT2D eigenvalue weighted by Gasteiger charge is 2.21. The van der Waals surface area contributed by atoms with Crippen molar-refractivity contribution in [1.82, 2.24) is 10.2 Å². The predicted molar refractivity (Wildman–Crippen MR) is 84.1 cm³/mol. The van der Waals surface area contributed by atoms with Gasteiger partial charge in [-0.05, 0) is 27.8 Å². The lowest BCUT2D eigenvalue weighted by atomic mass is 10.2. The van der Waals surface area contributed by atoms with E-state index < -0.39 is 17.7 Å². The van der Waals surface area contributed by atoms with Crippen LogP contribution in [-0.4, -0.2) is 69.9 Å². The molecule has 0 aliphatic heterocycles. The Morgan fingerprint density at radius 3 is 1.77 bits per heavy atom. The maximum absolute atomic E-state index is 11.3. The molecule has 0 bridgehead atoms. The van der Waals surface area contributed by atoms with Crippen molar-refractivity contribution in [2.24, 2.45) is 0 Å². The minimum atomic E-state index is -0.554. The van der Waals surface area contributed by atoms with E-state index in [1.54, 1.807) is 27.8 Å². The third kappa shape index (κ3) is 16.5. The van der Waals surface area contributed by atoms with Crippen LogP contribution in [0.25, 0.3) is 0 Å². The zero-order valence-electron chi connectivity index (χ0n) is 14.2. The number of carbonyl (C=O) groups is 3. The van der Waals surface area contributed by atoms with Gasteiger partial charge in [0.05, 0.1) is 20.8 Å². The first-order chi connectivity index (χ1) is 9.57. The largest absolute Gasteiger partial charge is 0.468 e. The van der Waals surface area contributed by atoms with Gasteiger partial charge in [0, 0.05) is 7.05 Å². The van der Waals surface area contributed by atoms with Crippen molar-refractivity contribution in [3.63, 3.8) is 0 Å². The van der Waals surface area contributed by atoms with Crippen molar-refractivity contribution < 1.29 is 28.6 Å². The topological polar surface area (TPSA) is 94.2 Å². The van der Waals surface area contributed by atoms with Crippen LogP contribution < -0.4 is 5.32 Å². The Labute approximate surface area is 137 Å². The molecule has 0 saturated carbocycles. The first kappa shape index (κ1) is 25.4. The molecule has 0 aromatic rings. The molecule has 0 heterocycles. The highest BCUT2D eigenvalue weighted by Crippen LogP contribution is 2.08. The summed E-state index contributed by atoms with van der Waals surface area (Å²) in [6.45, 7) is 5.46. The van der Waals surface area contributed by atoms with Crippen molar-refractivity contribution in [3.05, 3.63) is 0 Å². The molecule has 0 aromatic carbocycles. The number of esters is 2. The van der Waals surface area contributed by atoms with E-state index >= 15 is 0 Å². The molecule has 0 radical (unpaired) electrons. The molecular weight excluding hydrogens is 316 g/mol. The molecule has 0 spiro atoms. The zero-order chi connectivity index (χ0) is 17.1. The van der Waals surface area contributed by atoms with Gasteiger partial charge in [0.15, 0.2) is 0 Å². The highest BCUT2D eigenvalue weighted by atomic mass is 35.5. The van der Waals surface area contributed by atoms with Crippen LogP contribution in [0.15, 0.2) is 0 Å². The smallest absolute Gasteiger partial charge is 0.410 e. The number of nitrogens with one attached hydrogen (secondary N) is 1. The van der Waals surface area contributed by atoms with Crippen LogP contribution in [-0.2, 0) is 23.8 Å². The molecule has 0 aromatic heterocycles. The lowest BCUT2D eigenvalue weighted by Crippen LogP contribution is -2.37. The van der Waals surface area contributed by atoms with Gasteiger partial charge in [0.2, 0.25) is 0 Å². The fourth-order valence-corrected chi connectivity index (χ4v) is 0.879. The Balaban J connectivity index is -0.000000385. The average molecular weight is 343 g/mol. The molecule has 0 rings (SSSR count). The minimum absolute atomic E-state index is 0. The molecular formula is C13H27ClN2O6. The molecule has 1 amide bonds. The van der Waals surface area contributed by atoms with E-state index in [-0.39, 0.29) is 31.5 Å².